The first kappa shape index (κ1) is 20.0. The van der Waals surface area contributed by atoms with Gasteiger partial charge in [0.05, 0.1) is 12.9 Å². The van der Waals surface area contributed by atoms with Gasteiger partial charge < -0.3 is 20.1 Å². The summed E-state index contributed by atoms with van der Waals surface area (Å²) in [5.74, 6) is 0.154. The first-order chi connectivity index (χ1) is 14.9. The first-order valence-electron chi connectivity index (χ1n) is 9.21. The molecule has 0 bridgehead atoms. The fourth-order valence-electron chi connectivity index (χ4n) is 3.49. The number of para-hydroxylation sites is 1. The van der Waals surface area contributed by atoms with Crippen LogP contribution in [-0.2, 0) is 18.3 Å². The number of nitrogens with one attached hydrogen (secondary N) is 2. The van der Waals surface area contributed by atoms with Gasteiger partial charge in [0.15, 0.2) is 23.2 Å². The van der Waals surface area contributed by atoms with E-state index in [2.05, 4.69) is 25.6 Å². The fraction of sp³-hybridized carbons (Fsp3) is 0.294. The molecule has 14 heteroatoms. The largest absolute Gasteiger partial charge is 0.472 e. The molecule has 5 atom stereocenters. The second-order valence-electron chi connectivity index (χ2n) is 6.88. The molecule has 4 heterocycles. The van der Waals surface area contributed by atoms with E-state index >= 15 is 0 Å². The molecule has 0 radical (unpaired) electrons. The van der Waals surface area contributed by atoms with Crippen molar-refractivity contribution in [2.45, 2.75) is 24.5 Å². The molecule has 2 aliphatic rings. The number of hydrogen-bond acceptors (Lipinski definition) is 9. The van der Waals surface area contributed by atoms with E-state index in [4.69, 9.17) is 13.8 Å². The number of aromatic nitrogens is 4. The number of urea groups is 1. The first-order valence-corrected chi connectivity index (χ1v) is 10.7. The Morgan fingerprint density at radius 2 is 2.00 bits per heavy atom. The highest BCUT2D eigenvalue weighted by Gasteiger charge is 2.52. The van der Waals surface area contributed by atoms with E-state index in [0.717, 1.165) is 0 Å². The van der Waals surface area contributed by atoms with Gasteiger partial charge in [-0.25, -0.2) is 24.3 Å². The maximum Gasteiger partial charge on any atom is 0.472 e. The molecule has 0 spiro atoms. The zero-order valence-electron chi connectivity index (χ0n) is 15.7. The van der Waals surface area contributed by atoms with Crippen molar-refractivity contribution in [3.8, 4) is 0 Å². The number of anilines is 2. The molecule has 162 valence electrons. The number of carbonyl (C=O) groups is 1. The predicted octanol–water partition coefficient (Wildman–Crippen LogP) is 1.24. The Kier molecular flexibility index (Phi) is 4.93. The average molecular weight is 448 g/mol. The number of aliphatic hydroxyl groups is 1. The summed E-state index contributed by atoms with van der Waals surface area (Å²) in [7, 11) is -4.24. The number of nitrogens with zero attached hydrogens (tertiary/aromatic N) is 4. The van der Waals surface area contributed by atoms with Gasteiger partial charge in [0.25, 0.3) is 0 Å². The van der Waals surface area contributed by atoms with Gasteiger partial charge in [-0.05, 0) is 12.1 Å². The standard InChI is InChI=1S/C17H17N6O7P/c24-12-13-10(6-28-31(26,27)30-13)29-16(12)23-8-20-11-14(18-7-19-15(11)23)22-17(25)21-9-4-2-1-3-5-9/h1-5,7-8,10,12-13,16,24H,6H2,(H,26,27)(H2,18,19,21,22,25)/t10-,12-,13-,16-/m1/s1. The number of benzene rings is 1. The summed E-state index contributed by atoms with van der Waals surface area (Å²) in [5.41, 5.74) is 1.14. The number of aliphatic hydroxyl groups excluding tert-OH is 1. The van der Waals surface area contributed by atoms with Crippen LogP contribution in [0.5, 0.6) is 0 Å². The van der Waals surface area contributed by atoms with E-state index in [1.165, 1.54) is 17.2 Å². The maximum atomic E-state index is 12.3. The van der Waals surface area contributed by atoms with E-state index in [1.54, 1.807) is 24.3 Å². The Labute approximate surface area is 174 Å². The van der Waals surface area contributed by atoms with E-state index in [0.29, 0.717) is 5.69 Å². The molecule has 4 N–H and O–H groups in total. The highest BCUT2D eigenvalue weighted by atomic mass is 31.2. The summed E-state index contributed by atoms with van der Waals surface area (Å²) in [5, 5.41) is 15.9. The third-order valence-electron chi connectivity index (χ3n) is 4.86. The lowest BCUT2D eigenvalue weighted by Crippen LogP contribution is -2.39. The summed E-state index contributed by atoms with van der Waals surface area (Å²) in [6, 6.07) is 8.35. The van der Waals surface area contributed by atoms with Crippen LogP contribution in [0.2, 0.25) is 0 Å². The normalized spacial score (nSPS) is 30.1. The highest BCUT2D eigenvalue weighted by Crippen LogP contribution is 2.52. The van der Waals surface area contributed by atoms with Crippen molar-refractivity contribution in [2.24, 2.45) is 0 Å². The van der Waals surface area contributed by atoms with E-state index in [1.807, 2.05) is 6.07 Å². The van der Waals surface area contributed by atoms with Gasteiger partial charge in [-0.3, -0.25) is 18.9 Å². The number of hydrogen-bond donors (Lipinski definition) is 4. The van der Waals surface area contributed by atoms with Gasteiger partial charge in [-0.15, -0.1) is 0 Å². The second kappa shape index (κ2) is 7.64. The summed E-state index contributed by atoms with van der Waals surface area (Å²) in [6.07, 6.45) is -1.48. The van der Waals surface area contributed by atoms with Crippen LogP contribution in [0.25, 0.3) is 11.2 Å². The fourth-order valence-corrected chi connectivity index (χ4v) is 4.45. The second-order valence-corrected chi connectivity index (χ2v) is 8.29. The highest BCUT2D eigenvalue weighted by molar-refractivity contribution is 7.47. The van der Waals surface area contributed by atoms with Gasteiger partial charge in [-0.2, -0.15) is 0 Å². The Hall–Kier alpha value is -2.93. The molecule has 2 saturated heterocycles. The van der Waals surface area contributed by atoms with Crippen molar-refractivity contribution in [1.29, 1.82) is 0 Å². The van der Waals surface area contributed by atoms with Gasteiger partial charge in [0, 0.05) is 5.69 Å². The number of amides is 2. The average Bonchev–Trinajstić information content (AvgIpc) is 3.30. The minimum atomic E-state index is -4.24. The quantitative estimate of drug-likeness (QED) is 0.428. The summed E-state index contributed by atoms with van der Waals surface area (Å²) in [6.45, 7) is -0.208. The number of phosphoric ester groups is 1. The number of imidazole rings is 1. The summed E-state index contributed by atoms with van der Waals surface area (Å²) < 4.78 is 28.6. The van der Waals surface area contributed by atoms with Crippen LogP contribution in [0, 0.1) is 0 Å². The number of rotatable bonds is 3. The van der Waals surface area contributed by atoms with Crippen molar-refractivity contribution >= 4 is 36.5 Å². The third-order valence-corrected chi connectivity index (χ3v) is 5.85. The van der Waals surface area contributed by atoms with Crippen LogP contribution in [0.3, 0.4) is 0 Å². The maximum absolute atomic E-state index is 12.3. The molecule has 2 amide bonds. The van der Waals surface area contributed by atoms with Crippen molar-refractivity contribution in [1.82, 2.24) is 19.5 Å². The number of fused-ring (bicyclic) bond motifs is 2. The molecule has 0 aliphatic carbocycles. The number of phosphoric acid groups is 1. The van der Waals surface area contributed by atoms with E-state index < -0.39 is 38.4 Å². The van der Waals surface area contributed by atoms with Gasteiger partial charge in [0.1, 0.15) is 24.6 Å². The summed E-state index contributed by atoms with van der Waals surface area (Å²) in [4.78, 5) is 34.3. The SMILES string of the molecule is O=C(Nc1ccccc1)Nc1ncnc2c1ncn2[C@@H]1O[C@@H]2COP(=O)(O)O[C@H]2[C@H]1O. The van der Waals surface area contributed by atoms with E-state index in [9.17, 15) is 19.4 Å². The smallest absolute Gasteiger partial charge is 0.386 e. The molecule has 2 aliphatic heterocycles. The van der Waals surface area contributed by atoms with Crippen LogP contribution in [-0.4, -0.2) is 60.5 Å². The molecular weight excluding hydrogens is 431 g/mol. The lowest BCUT2D eigenvalue weighted by molar-refractivity contribution is -0.0664. The van der Waals surface area contributed by atoms with Gasteiger partial charge in [0.2, 0.25) is 0 Å². The monoisotopic (exact) mass is 448 g/mol. The van der Waals surface area contributed by atoms with Gasteiger partial charge >= 0.3 is 13.9 Å². The molecule has 2 fully saturated rings. The number of ether oxygens (including phenoxy) is 1. The zero-order valence-corrected chi connectivity index (χ0v) is 16.6. The Morgan fingerprint density at radius 3 is 2.81 bits per heavy atom. The topological polar surface area (TPSA) is 170 Å². The number of carbonyl (C=O) groups excluding carboxylic acids is 1. The Bertz CT molecular complexity index is 1170. The predicted molar refractivity (Wildman–Crippen MR) is 105 cm³/mol. The van der Waals surface area contributed by atoms with Crippen molar-refractivity contribution in [3.63, 3.8) is 0 Å². The van der Waals surface area contributed by atoms with Crippen molar-refractivity contribution in [2.75, 3.05) is 17.2 Å². The van der Waals surface area contributed by atoms with Crippen LogP contribution in [0.4, 0.5) is 16.3 Å². The molecule has 13 nitrogen and oxygen atoms in total. The molecular formula is C17H17N6O7P. The van der Waals surface area contributed by atoms with Crippen LogP contribution >= 0.6 is 7.82 Å². The molecule has 2 aromatic heterocycles. The van der Waals surface area contributed by atoms with Gasteiger partial charge in [-0.1, -0.05) is 18.2 Å². The zero-order chi connectivity index (χ0) is 21.6. The lowest BCUT2D eigenvalue weighted by atomic mass is 10.1. The van der Waals surface area contributed by atoms with Crippen molar-refractivity contribution < 1.29 is 33.1 Å². The molecule has 1 aromatic carbocycles. The third kappa shape index (κ3) is 3.78. The van der Waals surface area contributed by atoms with Crippen molar-refractivity contribution in [3.05, 3.63) is 43.0 Å². The van der Waals surface area contributed by atoms with Crippen LogP contribution < -0.4 is 10.6 Å². The van der Waals surface area contributed by atoms with Crippen LogP contribution in [0.15, 0.2) is 43.0 Å². The molecule has 5 rings (SSSR count). The minimum Gasteiger partial charge on any atom is -0.386 e. The molecule has 3 aromatic rings. The molecule has 0 saturated carbocycles. The van der Waals surface area contributed by atoms with E-state index in [-0.39, 0.29) is 23.6 Å². The van der Waals surface area contributed by atoms with Crippen LogP contribution in [0.1, 0.15) is 6.23 Å². The summed E-state index contributed by atoms with van der Waals surface area (Å²) >= 11 is 0. The molecule has 1 unspecified atom stereocenters. The molecule has 31 heavy (non-hydrogen) atoms. The minimum absolute atomic E-state index is 0.154. The Balaban J connectivity index is 1.38. The Morgan fingerprint density at radius 1 is 1.19 bits per heavy atom. The lowest BCUT2D eigenvalue weighted by Gasteiger charge is -2.27.